The molecule has 26 nitrogen and oxygen atoms in total. The summed E-state index contributed by atoms with van der Waals surface area (Å²) >= 11 is 0.567. The molecule has 2 aliphatic heterocycles. The molecule has 0 spiro atoms. The SMILES string of the molecule is CCC[N+]1=C(/C=C/C=C/C=C2/N(CCCS(=O)(=O)[O-])c3ccc4c(S(=O)(=O)N(C)CCCC(=O)NCc5ccc(C(=O)Nc6nnc(S(N)(=O)=O)s6)cc5)cc(S(=O)(=O)O)cc4c3C2(C)C)C(C)(C)c2c1ccc1c(S(=O)(=O)O)cc(S(=O)(=O)O)cc21. The summed E-state index contributed by atoms with van der Waals surface area (Å²) in [7, 11) is -27.2. The Bertz CT molecular complexity index is 4680. The molecule has 0 atom stereocenters. The lowest BCUT2D eigenvalue weighted by molar-refractivity contribution is -0.437. The Morgan fingerprint density at radius 3 is 1.94 bits per heavy atom. The molecule has 0 aliphatic carbocycles. The molecule has 0 bridgehead atoms. The van der Waals surface area contributed by atoms with Crippen molar-refractivity contribution in [2.45, 2.75) is 102 Å². The second-order valence-corrected chi connectivity index (χ2v) is 32.0. The van der Waals surface area contributed by atoms with E-state index in [1.165, 1.54) is 31.3 Å². The van der Waals surface area contributed by atoms with Crippen molar-refractivity contribution in [1.29, 1.82) is 0 Å². The van der Waals surface area contributed by atoms with Gasteiger partial charge in [0.25, 0.3) is 46.3 Å². The van der Waals surface area contributed by atoms with Crippen molar-refractivity contribution < 1.29 is 82.9 Å². The van der Waals surface area contributed by atoms with Gasteiger partial charge in [0.15, 0.2) is 5.71 Å². The molecule has 2 amide bonds. The van der Waals surface area contributed by atoms with Gasteiger partial charge in [-0.2, -0.15) is 29.8 Å². The van der Waals surface area contributed by atoms with Crippen molar-refractivity contribution in [2.75, 3.05) is 42.7 Å². The highest BCUT2D eigenvalue weighted by atomic mass is 32.3. The maximum absolute atomic E-state index is 14.6. The lowest BCUT2D eigenvalue weighted by atomic mass is 9.79. The minimum absolute atomic E-state index is 0.00251. The molecule has 2 aliphatic rings. The van der Waals surface area contributed by atoms with E-state index in [-0.39, 0.29) is 71.1 Å². The number of aromatic nitrogens is 2. The van der Waals surface area contributed by atoms with Crippen LogP contribution in [0.1, 0.15) is 87.4 Å². The van der Waals surface area contributed by atoms with Crippen molar-refractivity contribution in [3.63, 3.8) is 0 Å². The lowest BCUT2D eigenvalue weighted by Crippen LogP contribution is -2.30. The third-order valence-electron chi connectivity index (χ3n) is 14.8. The first-order valence-electron chi connectivity index (χ1n) is 26.3. The number of nitrogens with zero attached hydrogens (tertiary/aromatic N) is 5. The van der Waals surface area contributed by atoms with E-state index in [2.05, 4.69) is 20.8 Å². The van der Waals surface area contributed by atoms with Gasteiger partial charge in [0, 0.05) is 96.1 Å². The molecular formula is C54H60N8O18S7. The Morgan fingerprint density at radius 1 is 0.747 bits per heavy atom. The molecule has 5 aromatic carbocycles. The number of rotatable bonds is 23. The maximum atomic E-state index is 14.6. The molecule has 1 aromatic heterocycles. The van der Waals surface area contributed by atoms with Gasteiger partial charge in [0.05, 0.1) is 30.2 Å². The fourth-order valence-electron chi connectivity index (χ4n) is 10.8. The zero-order chi connectivity index (χ0) is 64.2. The van der Waals surface area contributed by atoms with Crippen molar-refractivity contribution >= 4 is 127 Å². The van der Waals surface area contributed by atoms with Crippen molar-refractivity contribution in [2.24, 2.45) is 5.14 Å². The zero-order valence-corrected chi connectivity index (χ0v) is 53.0. The molecule has 33 heteroatoms. The van der Waals surface area contributed by atoms with Crippen LogP contribution in [0.4, 0.5) is 16.5 Å². The van der Waals surface area contributed by atoms with Gasteiger partial charge < -0.3 is 14.8 Å². The number of nitrogens with two attached hydrogens (primary N) is 1. The normalized spacial score (nSPS) is 16.0. The number of benzene rings is 5. The highest BCUT2D eigenvalue weighted by Crippen LogP contribution is 2.52. The summed E-state index contributed by atoms with van der Waals surface area (Å²) in [5, 5.41) is 17.5. The Hall–Kier alpha value is -6.73. The topological polar surface area (TPSA) is 408 Å². The predicted octanol–water partition coefficient (Wildman–Crippen LogP) is 5.72. The summed E-state index contributed by atoms with van der Waals surface area (Å²) in [6.07, 6.45) is 8.91. The van der Waals surface area contributed by atoms with Crippen molar-refractivity contribution in [1.82, 2.24) is 19.8 Å². The minimum atomic E-state index is -5.09. The van der Waals surface area contributed by atoms with E-state index < -0.39 is 113 Å². The number of fused-ring (bicyclic) bond motifs is 6. The van der Waals surface area contributed by atoms with E-state index in [1.807, 2.05) is 25.3 Å². The molecule has 0 fully saturated rings. The lowest BCUT2D eigenvalue weighted by Gasteiger charge is -2.27. The highest BCUT2D eigenvalue weighted by Gasteiger charge is 2.46. The zero-order valence-electron chi connectivity index (χ0n) is 47.3. The standard InChI is InChI=1S/C54H60N8O18S7/c1-7-24-61-41-23-21-38-40(29-36(86(75,76)77)31-44(38)87(78,79)80)49(41)53(2,3)45(61)13-9-8-10-14-46-54(4,5)48-39-28-35(85(72,73)74)30-43(37(39)20-22-42(48)62(46)26-12-27-82(65,66)67)84(70,71)60(6)25-11-15-47(63)56-32-33-16-18-34(19-17-33)50(64)57-51-58-59-52(81-51)83(55,68)69/h8-10,13-14,16-23,28-31H,7,11-12,15,24-27,32H2,1-6H3,(H7-,55,56,57,58,63,64,65,66,67,68,69,72,73,74,75,76,77,78,79,80). The maximum Gasteiger partial charge on any atom is 0.295 e. The smallest absolute Gasteiger partial charge is 0.295 e. The number of primary sulfonamides is 1. The average Bonchev–Trinajstić information content (AvgIpc) is 1.65. The van der Waals surface area contributed by atoms with E-state index in [9.17, 15) is 78.3 Å². The molecule has 3 heterocycles. The summed E-state index contributed by atoms with van der Waals surface area (Å²) < 4.78 is 197. The fourth-order valence-corrected chi connectivity index (χ4v) is 16.0. The van der Waals surface area contributed by atoms with Gasteiger partial charge in [0.2, 0.25) is 31.1 Å². The summed E-state index contributed by atoms with van der Waals surface area (Å²) in [6, 6.07) is 16.0. The minimum Gasteiger partial charge on any atom is -0.748 e. The first-order valence-corrected chi connectivity index (χ1v) is 36.0. The average molecular weight is 1330 g/mol. The summed E-state index contributed by atoms with van der Waals surface area (Å²) in [5.41, 5.74) is 1.85. The number of amides is 2. The highest BCUT2D eigenvalue weighted by molar-refractivity contribution is 7.91. The van der Waals surface area contributed by atoms with Crippen LogP contribution >= 0.6 is 11.3 Å². The molecular weight excluding hydrogens is 1270 g/mol. The van der Waals surface area contributed by atoms with Gasteiger partial charge in [-0.3, -0.25) is 28.6 Å². The molecule has 0 unspecified atom stereocenters. The summed E-state index contributed by atoms with van der Waals surface area (Å²) in [4.78, 5) is 24.7. The van der Waals surface area contributed by atoms with Crippen LogP contribution in [0.25, 0.3) is 21.5 Å². The van der Waals surface area contributed by atoms with Gasteiger partial charge in [-0.1, -0.05) is 68.5 Å². The van der Waals surface area contributed by atoms with Crippen LogP contribution < -0.4 is 20.7 Å². The second kappa shape index (κ2) is 24.3. The third kappa shape index (κ3) is 14.1. The van der Waals surface area contributed by atoms with Gasteiger partial charge >= 0.3 is 0 Å². The fraction of sp³-hybridized carbons (Fsp3) is 0.315. The summed E-state index contributed by atoms with van der Waals surface area (Å²) in [6.45, 7) is 9.39. The van der Waals surface area contributed by atoms with Gasteiger partial charge in [0.1, 0.15) is 11.4 Å². The molecule has 87 heavy (non-hydrogen) atoms. The largest absolute Gasteiger partial charge is 0.748 e. The van der Waals surface area contributed by atoms with Crippen LogP contribution in [-0.4, -0.2) is 138 Å². The van der Waals surface area contributed by atoms with Crippen LogP contribution in [0.5, 0.6) is 0 Å². The Balaban J connectivity index is 1.05. The Morgan fingerprint density at radius 2 is 1.36 bits per heavy atom. The van der Waals surface area contributed by atoms with Crippen LogP contribution in [0.3, 0.4) is 0 Å². The van der Waals surface area contributed by atoms with Gasteiger partial charge in [-0.05, 0) is 103 Å². The molecule has 0 radical (unpaired) electrons. The van der Waals surface area contributed by atoms with Crippen LogP contribution in [-0.2, 0) is 82.7 Å². The molecule has 6 aromatic rings. The number of sulfonamides is 2. The molecule has 7 N–H and O–H groups in total. The van der Waals surface area contributed by atoms with Crippen LogP contribution in [0.2, 0.25) is 0 Å². The number of carbonyl (C=O) groups excluding carboxylic acids is 2. The van der Waals surface area contributed by atoms with E-state index >= 15 is 0 Å². The first-order chi connectivity index (χ1) is 40.3. The number of anilines is 2. The number of nitrogens with one attached hydrogen (secondary N) is 2. The van der Waals surface area contributed by atoms with E-state index in [0.717, 1.165) is 22.5 Å². The van der Waals surface area contributed by atoms with Crippen LogP contribution in [0.15, 0.2) is 133 Å². The molecule has 0 saturated heterocycles. The number of hydrogen-bond acceptors (Lipinski definition) is 19. The molecule has 0 saturated carbocycles. The number of allylic oxidation sites excluding steroid dienone is 6. The second-order valence-electron chi connectivity index (χ2n) is 21.5. The third-order valence-corrected chi connectivity index (χ3v) is 22.2. The Labute approximate surface area is 507 Å². The summed E-state index contributed by atoms with van der Waals surface area (Å²) in [5.74, 6) is -1.81. The molecule has 466 valence electrons. The van der Waals surface area contributed by atoms with Crippen molar-refractivity contribution in [3.05, 3.63) is 131 Å². The predicted molar refractivity (Wildman–Crippen MR) is 323 cm³/mol. The molecule has 8 rings (SSSR count). The Kier molecular flexibility index (Phi) is 18.5. The first kappa shape index (κ1) is 66.2. The van der Waals surface area contributed by atoms with Gasteiger partial charge in [-0.25, -0.2) is 34.7 Å². The van der Waals surface area contributed by atoms with Gasteiger partial charge in [-0.15, -0.1) is 10.2 Å². The van der Waals surface area contributed by atoms with E-state index in [1.54, 1.807) is 73.4 Å². The van der Waals surface area contributed by atoms with E-state index in [0.29, 0.717) is 69.8 Å². The number of hydrogen-bond donors (Lipinski definition) is 6. The monoisotopic (exact) mass is 1330 g/mol. The quantitative estimate of drug-likeness (QED) is 0.0193. The van der Waals surface area contributed by atoms with E-state index in [4.69, 9.17) is 5.14 Å². The van der Waals surface area contributed by atoms with Crippen LogP contribution in [0, 0.1) is 0 Å². The van der Waals surface area contributed by atoms with Crippen molar-refractivity contribution in [3.8, 4) is 0 Å². The number of carbonyl (C=O) groups is 2.